The van der Waals surface area contributed by atoms with Crippen molar-refractivity contribution in [2.45, 2.75) is 19.4 Å². The van der Waals surface area contributed by atoms with Gasteiger partial charge in [0.25, 0.3) is 0 Å². The van der Waals surface area contributed by atoms with Crippen molar-refractivity contribution in [1.82, 2.24) is 4.90 Å². The van der Waals surface area contributed by atoms with Gasteiger partial charge in [0.1, 0.15) is 11.5 Å². The number of amides is 1. The third kappa shape index (κ3) is 3.61. The molecule has 3 aliphatic rings. The molecule has 1 amide bonds. The number of hydrogen-bond acceptors (Lipinski definition) is 7. The van der Waals surface area contributed by atoms with Crippen molar-refractivity contribution in [3.8, 4) is 11.5 Å². The molecule has 0 saturated carbocycles. The fourth-order valence-electron chi connectivity index (χ4n) is 5.64. The van der Waals surface area contributed by atoms with E-state index < -0.39 is 18.7 Å². The first kappa shape index (κ1) is 24.3. The molecule has 1 spiro atoms. The molecule has 3 heterocycles. The van der Waals surface area contributed by atoms with Crippen molar-refractivity contribution in [2.75, 3.05) is 31.1 Å². The lowest BCUT2D eigenvalue weighted by molar-refractivity contribution is -0.127. The number of esters is 1. The molecular weight excluding hydrogens is 483 g/mol. The predicted octanol–water partition coefficient (Wildman–Crippen LogP) is 2.47. The number of carbonyl (C=O) groups excluding carboxylic acids is 2. The summed E-state index contributed by atoms with van der Waals surface area (Å²) < 4.78 is 12.5. The highest BCUT2D eigenvalue weighted by atomic mass is 16.6. The van der Waals surface area contributed by atoms with Gasteiger partial charge in [0, 0.05) is 60.2 Å². The second kappa shape index (κ2) is 8.75. The minimum absolute atomic E-state index is 0.0316. The zero-order valence-corrected chi connectivity index (χ0v) is 21.2. The van der Waals surface area contributed by atoms with Crippen molar-refractivity contribution >= 4 is 30.1 Å². The summed E-state index contributed by atoms with van der Waals surface area (Å²) in [6, 6.07) is 16.3. The predicted molar refractivity (Wildman–Crippen MR) is 143 cm³/mol. The van der Waals surface area contributed by atoms with E-state index in [9.17, 15) is 19.6 Å². The van der Waals surface area contributed by atoms with Gasteiger partial charge in [-0.05, 0) is 43.6 Å². The Morgan fingerprint density at radius 2 is 1.63 bits per heavy atom. The average Bonchev–Trinajstić information content (AvgIpc) is 3.19. The van der Waals surface area contributed by atoms with Gasteiger partial charge in [0.15, 0.2) is 5.60 Å². The van der Waals surface area contributed by atoms with Crippen LogP contribution in [0.1, 0.15) is 39.5 Å². The molecule has 6 rings (SSSR count). The summed E-state index contributed by atoms with van der Waals surface area (Å²) in [4.78, 5) is 29.4. The number of benzene rings is 3. The lowest BCUT2D eigenvalue weighted by atomic mass is 9.74. The largest absolute Gasteiger partial charge is 0.488 e. The molecule has 0 aliphatic carbocycles. The summed E-state index contributed by atoms with van der Waals surface area (Å²) in [5.74, 6) is 0.449. The summed E-state index contributed by atoms with van der Waals surface area (Å²) in [6.07, 6.45) is 0. The minimum Gasteiger partial charge on any atom is -0.456 e. The van der Waals surface area contributed by atoms with Crippen LogP contribution in [-0.4, -0.2) is 60.1 Å². The highest BCUT2D eigenvalue weighted by Crippen LogP contribution is 2.56. The lowest BCUT2D eigenvalue weighted by Crippen LogP contribution is -2.49. The van der Waals surface area contributed by atoms with Crippen molar-refractivity contribution < 1.29 is 29.1 Å². The van der Waals surface area contributed by atoms with Gasteiger partial charge in [-0.25, -0.2) is 4.79 Å². The van der Waals surface area contributed by atoms with Crippen LogP contribution in [0.15, 0.2) is 66.7 Å². The van der Waals surface area contributed by atoms with E-state index in [0.717, 1.165) is 16.8 Å². The number of carbonyl (C=O) groups is 2. The van der Waals surface area contributed by atoms with Gasteiger partial charge >= 0.3 is 13.1 Å². The Kier molecular flexibility index (Phi) is 5.59. The molecule has 38 heavy (non-hydrogen) atoms. The van der Waals surface area contributed by atoms with Gasteiger partial charge in [-0.1, -0.05) is 36.4 Å². The number of fused-ring (bicyclic) bond motifs is 6. The van der Waals surface area contributed by atoms with E-state index in [1.807, 2.05) is 37.3 Å². The standard InChI is InChI=1S/C29H27BN2O6/c1-17(2)27(33)32-12-10-31(11-13-32)20-6-9-23-26(16-20)37-25-15-19(30(35)36)5-8-22(25)29(23)24-14-18(3)4-7-21(24)28(34)38-29/h4-9,14-16,35-36H,1,10-13H2,2-3H3. The zero-order chi connectivity index (χ0) is 26.8. The van der Waals surface area contributed by atoms with Crippen LogP contribution in [-0.2, 0) is 15.1 Å². The monoisotopic (exact) mass is 510 g/mol. The molecule has 3 aromatic rings. The second-order valence-corrected chi connectivity index (χ2v) is 10.1. The fraction of sp³-hybridized carbons (Fsp3) is 0.241. The number of ether oxygens (including phenoxy) is 2. The van der Waals surface area contributed by atoms with Crippen LogP contribution < -0.4 is 15.1 Å². The maximum atomic E-state index is 13.1. The van der Waals surface area contributed by atoms with Crippen molar-refractivity contribution in [1.29, 1.82) is 0 Å². The summed E-state index contributed by atoms with van der Waals surface area (Å²) in [5, 5.41) is 19.6. The van der Waals surface area contributed by atoms with Gasteiger partial charge in [0.05, 0.1) is 5.56 Å². The highest BCUT2D eigenvalue weighted by Gasteiger charge is 2.53. The maximum Gasteiger partial charge on any atom is 0.488 e. The molecule has 0 aromatic heterocycles. The molecule has 192 valence electrons. The number of rotatable bonds is 3. The first-order chi connectivity index (χ1) is 18.2. The number of piperazine rings is 1. The van der Waals surface area contributed by atoms with Gasteiger partial charge in [-0.2, -0.15) is 0 Å². The third-order valence-corrected chi connectivity index (χ3v) is 7.56. The summed E-state index contributed by atoms with van der Waals surface area (Å²) in [5.41, 5.74) is 3.99. The Morgan fingerprint density at radius 3 is 2.32 bits per heavy atom. The van der Waals surface area contributed by atoms with Gasteiger partial charge in [0.2, 0.25) is 5.91 Å². The topological polar surface area (TPSA) is 99.5 Å². The Morgan fingerprint density at radius 1 is 0.947 bits per heavy atom. The van der Waals surface area contributed by atoms with E-state index >= 15 is 0 Å². The molecule has 9 heteroatoms. The maximum absolute atomic E-state index is 13.1. The quantitative estimate of drug-likeness (QED) is 0.317. The zero-order valence-electron chi connectivity index (χ0n) is 21.2. The summed E-state index contributed by atoms with van der Waals surface area (Å²) in [6.45, 7) is 9.91. The van der Waals surface area contributed by atoms with Gasteiger partial charge in [-0.3, -0.25) is 4.79 Å². The first-order valence-corrected chi connectivity index (χ1v) is 12.6. The van der Waals surface area contributed by atoms with E-state index in [-0.39, 0.29) is 11.4 Å². The minimum atomic E-state index is -1.67. The average molecular weight is 510 g/mol. The van der Waals surface area contributed by atoms with Crippen molar-refractivity contribution in [3.05, 3.63) is 94.6 Å². The Balaban J connectivity index is 1.45. The molecule has 1 fully saturated rings. The molecule has 0 bridgehead atoms. The molecule has 0 radical (unpaired) electrons. The van der Waals surface area contributed by atoms with Crippen LogP contribution in [0.4, 0.5) is 5.69 Å². The second-order valence-electron chi connectivity index (χ2n) is 10.1. The van der Waals surface area contributed by atoms with Crippen LogP contribution in [0, 0.1) is 6.92 Å². The van der Waals surface area contributed by atoms with Crippen molar-refractivity contribution in [2.24, 2.45) is 0 Å². The molecule has 1 atom stereocenters. The third-order valence-electron chi connectivity index (χ3n) is 7.56. The Hall–Kier alpha value is -4.08. The molecule has 3 aromatic carbocycles. The Bertz CT molecular complexity index is 1510. The normalized spacial score (nSPS) is 19.3. The number of aryl methyl sites for hydroxylation is 1. The number of nitrogens with zero attached hydrogens (tertiary/aromatic N) is 2. The van der Waals surface area contributed by atoms with Crippen LogP contribution in [0.25, 0.3) is 0 Å². The fourth-order valence-corrected chi connectivity index (χ4v) is 5.64. The first-order valence-electron chi connectivity index (χ1n) is 12.6. The van der Waals surface area contributed by atoms with Crippen LogP contribution in [0.5, 0.6) is 11.5 Å². The van der Waals surface area contributed by atoms with Crippen LogP contribution in [0.2, 0.25) is 0 Å². The van der Waals surface area contributed by atoms with Gasteiger partial charge in [-0.15, -0.1) is 0 Å². The molecule has 3 aliphatic heterocycles. The molecular formula is C29H27BN2O6. The Labute approximate surface area is 220 Å². The molecule has 8 nitrogen and oxygen atoms in total. The highest BCUT2D eigenvalue weighted by molar-refractivity contribution is 6.58. The van der Waals surface area contributed by atoms with E-state index in [2.05, 4.69) is 11.5 Å². The van der Waals surface area contributed by atoms with E-state index in [4.69, 9.17) is 9.47 Å². The van der Waals surface area contributed by atoms with Crippen LogP contribution in [0.3, 0.4) is 0 Å². The van der Waals surface area contributed by atoms with Crippen LogP contribution >= 0.6 is 0 Å². The van der Waals surface area contributed by atoms with Crippen molar-refractivity contribution in [3.63, 3.8) is 0 Å². The van der Waals surface area contributed by atoms with E-state index in [0.29, 0.717) is 59.9 Å². The number of hydrogen-bond donors (Lipinski definition) is 2. The van der Waals surface area contributed by atoms with E-state index in [1.54, 1.807) is 36.1 Å². The smallest absolute Gasteiger partial charge is 0.456 e. The summed E-state index contributed by atoms with van der Waals surface area (Å²) >= 11 is 0. The number of anilines is 1. The van der Waals surface area contributed by atoms with Gasteiger partial charge < -0.3 is 29.3 Å². The summed E-state index contributed by atoms with van der Waals surface area (Å²) in [7, 11) is -1.67. The SMILES string of the molecule is C=C(C)C(=O)N1CCN(c2ccc3c(c2)Oc2cc(B(O)O)ccc2C32OC(=O)c3ccc(C)cc32)CC1. The lowest BCUT2D eigenvalue weighted by Gasteiger charge is -2.39. The molecule has 1 unspecified atom stereocenters. The molecule has 1 saturated heterocycles. The van der Waals surface area contributed by atoms with E-state index in [1.165, 1.54) is 0 Å². The molecule has 2 N–H and O–H groups in total.